The lowest BCUT2D eigenvalue weighted by Crippen LogP contribution is -1.97. The smallest absolute Gasteiger partial charge is 0.119 e. The first-order valence-corrected chi connectivity index (χ1v) is 6.05. The van der Waals surface area contributed by atoms with Crippen LogP contribution in [0.15, 0.2) is 42.5 Å². The molecule has 0 aliphatic heterocycles. The predicted octanol–water partition coefficient (Wildman–Crippen LogP) is 4.88. The van der Waals surface area contributed by atoms with Crippen LogP contribution in [-0.4, -0.2) is 0 Å². The van der Waals surface area contributed by atoms with Crippen molar-refractivity contribution in [2.24, 2.45) is 0 Å². The van der Waals surface area contributed by atoms with Gasteiger partial charge >= 0.3 is 0 Å². The SMILES string of the molecule is Cc1ccc(OCc2c(Cl)cccc2Cl)cc1. The fourth-order valence-corrected chi connectivity index (χ4v) is 1.97. The summed E-state index contributed by atoms with van der Waals surface area (Å²) in [6.45, 7) is 2.41. The van der Waals surface area contributed by atoms with Crippen molar-refractivity contribution in [1.29, 1.82) is 0 Å². The first kappa shape index (κ1) is 12.3. The highest BCUT2D eigenvalue weighted by Gasteiger charge is 2.05. The molecule has 0 aromatic heterocycles. The average Bonchev–Trinajstić information content (AvgIpc) is 2.31. The van der Waals surface area contributed by atoms with E-state index < -0.39 is 0 Å². The Morgan fingerprint density at radius 3 is 2.12 bits per heavy atom. The zero-order valence-corrected chi connectivity index (χ0v) is 10.9. The van der Waals surface area contributed by atoms with Gasteiger partial charge in [-0.05, 0) is 31.2 Å². The van der Waals surface area contributed by atoms with Gasteiger partial charge in [-0.25, -0.2) is 0 Å². The van der Waals surface area contributed by atoms with Crippen LogP contribution in [0.4, 0.5) is 0 Å². The predicted molar refractivity (Wildman–Crippen MR) is 72.0 cm³/mol. The van der Waals surface area contributed by atoms with E-state index >= 15 is 0 Å². The molecule has 88 valence electrons. The maximum Gasteiger partial charge on any atom is 0.119 e. The number of rotatable bonds is 3. The largest absolute Gasteiger partial charge is 0.489 e. The van der Waals surface area contributed by atoms with Crippen molar-refractivity contribution < 1.29 is 4.74 Å². The van der Waals surface area contributed by atoms with Crippen LogP contribution < -0.4 is 4.74 Å². The molecule has 3 heteroatoms. The highest BCUT2D eigenvalue weighted by Crippen LogP contribution is 2.25. The second-order valence-corrected chi connectivity index (χ2v) is 4.62. The summed E-state index contributed by atoms with van der Waals surface area (Å²) in [5.74, 6) is 0.812. The summed E-state index contributed by atoms with van der Waals surface area (Å²) in [4.78, 5) is 0. The number of benzene rings is 2. The molecular formula is C14H12Cl2O. The van der Waals surface area contributed by atoms with Crippen LogP contribution in [0.25, 0.3) is 0 Å². The van der Waals surface area contributed by atoms with Crippen LogP contribution in [0.5, 0.6) is 5.75 Å². The van der Waals surface area contributed by atoms with Gasteiger partial charge in [-0.1, -0.05) is 47.0 Å². The molecule has 0 radical (unpaired) electrons. The molecule has 0 unspecified atom stereocenters. The Kier molecular flexibility index (Phi) is 3.93. The molecular weight excluding hydrogens is 255 g/mol. The summed E-state index contributed by atoms with van der Waals surface area (Å²) in [6, 6.07) is 13.3. The molecule has 0 fully saturated rings. The Bertz CT molecular complexity index is 486. The molecule has 0 aliphatic rings. The first-order chi connectivity index (χ1) is 8.16. The number of hydrogen-bond donors (Lipinski definition) is 0. The number of halogens is 2. The monoisotopic (exact) mass is 266 g/mol. The lowest BCUT2D eigenvalue weighted by Gasteiger charge is -2.09. The van der Waals surface area contributed by atoms with Gasteiger partial charge in [-0.15, -0.1) is 0 Å². The van der Waals surface area contributed by atoms with Gasteiger partial charge in [0.25, 0.3) is 0 Å². The summed E-state index contributed by atoms with van der Waals surface area (Å²) >= 11 is 12.1. The third kappa shape index (κ3) is 3.15. The van der Waals surface area contributed by atoms with E-state index in [4.69, 9.17) is 27.9 Å². The Hall–Kier alpha value is -1.18. The molecule has 2 rings (SSSR count). The second kappa shape index (κ2) is 5.44. The van der Waals surface area contributed by atoms with Crippen LogP contribution in [0.1, 0.15) is 11.1 Å². The van der Waals surface area contributed by atoms with Crippen LogP contribution in [0, 0.1) is 6.92 Å². The summed E-state index contributed by atoms with van der Waals surface area (Å²) in [5.41, 5.74) is 2.02. The van der Waals surface area contributed by atoms with Crippen molar-refractivity contribution in [3.63, 3.8) is 0 Å². The van der Waals surface area contributed by atoms with E-state index in [-0.39, 0.29) is 0 Å². The summed E-state index contributed by atoms with van der Waals surface area (Å²) < 4.78 is 5.64. The van der Waals surface area contributed by atoms with Gasteiger partial charge in [0.2, 0.25) is 0 Å². The minimum atomic E-state index is 0.377. The molecule has 0 saturated carbocycles. The van der Waals surface area contributed by atoms with Gasteiger partial charge in [-0.2, -0.15) is 0 Å². The maximum atomic E-state index is 6.06. The molecule has 1 nitrogen and oxygen atoms in total. The quantitative estimate of drug-likeness (QED) is 0.770. The van der Waals surface area contributed by atoms with E-state index in [2.05, 4.69) is 0 Å². The van der Waals surface area contributed by atoms with Gasteiger partial charge < -0.3 is 4.74 Å². The molecule has 0 bridgehead atoms. The Morgan fingerprint density at radius 2 is 1.53 bits per heavy atom. The molecule has 0 heterocycles. The summed E-state index contributed by atoms with van der Waals surface area (Å²) in [6.07, 6.45) is 0. The minimum Gasteiger partial charge on any atom is -0.489 e. The third-order valence-electron chi connectivity index (χ3n) is 2.47. The van der Waals surface area contributed by atoms with E-state index in [0.29, 0.717) is 16.7 Å². The molecule has 2 aromatic carbocycles. The third-order valence-corrected chi connectivity index (χ3v) is 3.17. The first-order valence-electron chi connectivity index (χ1n) is 5.29. The molecule has 0 saturated heterocycles. The van der Waals surface area contributed by atoms with Crippen LogP contribution in [0.2, 0.25) is 10.0 Å². The summed E-state index contributed by atoms with van der Waals surface area (Å²) in [7, 11) is 0. The van der Waals surface area contributed by atoms with Crippen molar-refractivity contribution in [3.05, 3.63) is 63.6 Å². The summed E-state index contributed by atoms with van der Waals surface area (Å²) in [5, 5.41) is 1.26. The Labute approximate surface area is 111 Å². The molecule has 0 spiro atoms. The minimum absolute atomic E-state index is 0.377. The van der Waals surface area contributed by atoms with Crippen LogP contribution in [-0.2, 0) is 6.61 Å². The van der Waals surface area contributed by atoms with Crippen molar-refractivity contribution in [1.82, 2.24) is 0 Å². The Morgan fingerprint density at radius 1 is 0.941 bits per heavy atom. The molecule has 0 atom stereocenters. The Balaban J connectivity index is 2.10. The van der Waals surface area contributed by atoms with Crippen molar-refractivity contribution >= 4 is 23.2 Å². The lowest BCUT2D eigenvalue weighted by molar-refractivity contribution is 0.306. The lowest BCUT2D eigenvalue weighted by atomic mass is 10.2. The molecule has 17 heavy (non-hydrogen) atoms. The van der Waals surface area contributed by atoms with Gasteiger partial charge in [0.05, 0.1) is 0 Å². The maximum absolute atomic E-state index is 6.06. The highest BCUT2D eigenvalue weighted by molar-refractivity contribution is 6.35. The second-order valence-electron chi connectivity index (χ2n) is 3.80. The molecule has 2 aromatic rings. The zero-order chi connectivity index (χ0) is 12.3. The van der Waals surface area contributed by atoms with E-state index in [1.165, 1.54) is 5.56 Å². The number of ether oxygens (including phenoxy) is 1. The van der Waals surface area contributed by atoms with Gasteiger partial charge in [-0.3, -0.25) is 0 Å². The standard InChI is InChI=1S/C14H12Cl2O/c1-10-5-7-11(8-6-10)17-9-12-13(15)3-2-4-14(12)16/h2-8H,9H2,1H3. The van der Waals surface area contributed by atoms with E-state index in [1.54, 1.807) is 12.1 Å². The number of hydrogen-bond acceptors (Lipinski definition) is 1. The van der Waals surface area contributed by atoms with Crippen LogP contribution in [0.3, 0.4) is 0 Å². The fraction of sp³-hybridized carbons (Fsp3) is 0.143. The van der Waals surface area contributed by atoms with E-state index in [9.17, 15) is 0 Å². The van der Waals surface area contributed by atoms with Crippen LogP contribution >= 0.6 is 23.2 Å². The molecule has 0 amide bonds. The van der Waals surface area contributed by atoms with Gasteiger partial charge in [0.15, 0.2) is 0 Å². The molecule has 0 N–H and O–H groups in total. The van der Waals surface area contributed by atoms with Gasteiger partial charge in [0.1, 0.15) is 12.4 Å². The average molecular weight is 267 g/mol. The fourth-order valence-electron chi connectivity index (χ4n) is 1.46. The zero-order valence-electron chi connectivity index (χ0n) is 9.41. The normalized spacial score (nSPS) is 10.3. The van der Waals surface area contributed by atoms with E-state index in [0.717, 1.165) is 11.3 Å². The highest BCUT2D eigenvalue weighted by atomic mass is 35.5. The van der Waals surface area contributed by atoms with Crippen molar-refractivity contribution in [3.8, 4) is 5.75 Å². The van der Waals surface area contributed by atoms with Crippen molar-refractivity contribution in [2.45, 2.75) is 13.5 Å². The molecule has 0 aliphatic carbocycles. The van der Waals surface area contributed by atoms with Crippen molar-refractivity contribution in [2.75, 3.05) is 0 Å². The van der Waals surface area contributed by atoms with Gasteiger partial charge in [0, 0.05) is 15.6 Å². The number of aryl methyl sites for hydroxylation is 1. The van der Waals surface area contributed by atoms with E-state index in [1.807, 2.05) is 37.3 Å². The topological polar surface area (TPSA) is 9.23 Å².